The molecule has 0 aliphatic heterocycles. The van der Waals surface area contributed by atoms with Crippen molar-refractivity contribution in [2.45, 2.75) is 51.7 Å². The first kappa shape index (κ1) is 30.6. The van der Waals surface area contributed by atoms with E-state index in [0.717, 1.165) is 16.5 Å². The summed E-state index contributed by atoms with van der Waals surface area (Å²) in [6.07, 6.45) is 2.99. The van der Waals surface area contributed by atoms with Crippen LogP contribution < -0.4 is 4.74 Å². The molecule has 44 heavy (non-hydrogen) atoms. The molecular weight excluding hydrogens is 578 g/mol. The second-order valence-corrected chi connectivity index (χ2v) is 13.6. The van der Waals surface area contributed by atoms with Gasteiger partial charge >= 0.3 is 6.09 Å². The first-order valence-corrected chi connectivity index (χ1v) is 15.6. The van der Waals surface area contributed by atoms with E-state index in [4.69, 9.17) is 9.47 Å². The first-order valence-electron chi connectivity index (χ1n) is 14.2. The van der Waals surface area contributed by atoms with Crippen molar-refractivity contribution in [1.82, 2.24) is 18.7 Å². The zero-order valence-corrected chi connectivity index (χ0v) is 26.5. The molecule has 2 aromatic heterocycles. The third-order valence-corrected chi connectivity index (χ3v) is 8.86. The smallest absolute Gasteiger partial charge is 0.410 e. The summed E-state index contributed by atoms with van der Waals surface area (Å²) < 4.78 is 42.3. The largest absolute Gasteiger partial charge is 0.491 e. The van der Waals surface area contributed by atoms with Crippen LogP contribution in [0.15, 0.2) is 71.9 Å². The van der Waals surface area contributed by atoms with Crippen LogP contribution in [0.3, 0.4) is 0 Å². The average Bonchev–Trinajstić information content (AvgIpc) is 3.59. The molecule has 1 amide bonds. The summed E-state index contributed by atoms with van der Waals surface area (Å²) in [5.74, 6) is 0.551. The minimum atomic E-state index is -3.88. The molecule has 0 aliphatic rings. The summed E-state index contributed by atoms with van der Waals surface area (Å²) in [4.78, 5) is 14.1. The fourth-order valence-electron chi connectivity index (χ4n) is 4.95. The highest BCUT2D eigenvalue weighted by atomic mass is 32.2. The van der Waals surface area contributed by atoms with Crippen molar-refractivity contribution in [3.63, 3.8) is 0 Å². The molecule has 2 heterocycles. The van der Waals surface area contributed by atoms with Crippen molar-refractivity contribution < 1.29 is 22.7 Å². The molecule has 0 aliphatic carbocycles. The Morgan fingerprint density at radius 1 is 1.07 bits per heavy atom. The molecule has 5 aromatic rings. The van der Waals surface area contributed by atoms with Crippen molar-refractivity contribution >= 4 is 37.9 Å². The van der Waals surface area contributed by atoms with Crippen LogP contribution >= 0.6 is 0 Å². The van der Waals surface area contributed by atoms with Crippen LogP contribution in [0.4, 0.5) is 4.79 Å². The Morgan fingerprint density at radius 3 is 2.48 bits per heavy atom. The van der Waals surface area contributed by atoms with Gasteiger partial charge in [0.05, 0.1) is 40.7 Å². The standard InChI is InChI=1S/C33H35N5O5S/c1-22-7-11-26(12-8-22)44(40,41)38-14-13-27-28(21-37-20-25-10-9-24(19-34)18-29(25)35-37)30(17-23(2)31(27)38)42-16-15-36(6)32(39)43-33(3,4)5/h7-14,17-18,20H,15-16,21H2,1-6H3. The number of fused-ring (bicyclic) bond motifs is 2. The van der Waals surface area contributed by atoms with Crippen LogP contribution in [0.5, 0.6) is 5.75 Å². The molecule has 0 radical (unpaired) electrons. The molecule has 0 atom stereocenters. The lowest BCUT2D eigenvalue weighted by molar-refractivity contribution is 0.0278. The molecule has 5 rings (SSSR count). The summed E-state index contributed by atoms with van der Waals surface area (Å²) >= 11 is 0. The maximum Gasteiger partial charge on any atom is 0.410 e. The lowest BCUT2D eigenvalue weighted by Crippen LogP contribution is -2.36. The van der Waals surface area contributed by atoms with Crippen LogP contribution in [0, 0.1) is 25.2 Å². The summed E-state index contributed by atoms with van der Waals surface area (Å²) in [5.41, 5.74) is 3.52. The van der Waals surface area contributed by atoms with E-state index in [9.17, 15) is 18.5 Å². The Labute approximate surface area is 257 Å². The third-order valence-electron chi connectivity index (χ3n) is 7.17. The van der Waals surface area contributed by atoms with E-state index in [1.54, 1.807) is 60.4 Å². The van der Waals surface area contributed by atoms with Gasteiger partial charge in [-0.1, -0.05) is 17.7 Å². The molecule has 0 bridgehead atoms. The highest BCUT2D eigenvalue weighted by Crippen LogP contribution is 2.35. The summed E-state index contributed by atoms with van der Waals surface area (Å²) in [5, 5.41) is 15.6. The van der Waals surface area contributed by atoms with Crippen LogP contribution in [0.2, 0.25) is 0 Å². The normalized spacial score (nSPS) is 11.9. The maximum absolute atomic E-state index is 13.8. The van der Waals surface area contributed by atoms with E-state index in [1.807, 2.05) is 52.9 Å². The number of aromatic nitrogens is 3. The number of rotatable bonds is 8. The van der Waals surface area contributed by atoms with Crippen LogP contribution in [0.25, 0.3) is 21.8 Å². The van der Waals surface area contributed by atoms with Crippen LogP contribution in [-0.2, 0) is 21.3 Å². The predicted molar refractivity (Wildman–Crippen MR) is 168 cm³/mol. The Balaban J connectivity index is 1.55. The maximum atomic E-state index is 13.8. The van der Waals surface area contributed by atoms with Gasteiger partial charge in [0.2, 0.25) is 0 Å². The van der Waals surface area contributed by atoms with Crippen molar-refractivity contribution in [1.29, 1.82) is 5.26 Å². The van der Waals surface area contributed by atoms with Gasteiger partial charge < -0.3 is 14.4 Å². The number of carbonyl (C=O) groups excluding carboxylic acids is 1. The minimum absolute atomic E-state index is 0.183. The van der Waals surface area contributed by atoms with E-state index in [2.05, 4.69) is 11.2 Å². The number of hydrogen-bond acceptors (Lipinski definition) is 7. The zero-order chi connectivity index (χ0) is 31.8. The quantitative estimate of drug-likeness (QED) is 0.210. The second-order valence-electron chi connectivity index (χ2n) is 11.8. The number of likely N-dealkylation sites (N-methyl/N-ethyl adjacent to an activating group) is 1. The summed E-state index contributed by atoms with van der Waals surface area (Å²) in [6.45, 7) is 9.92. The lowest BCUT2D eigenvalue weighted by Gasteiger charge is -2.25. The van der Waals surface area contributed by atoms with Gasteiger partial charge in [-0.15, -0.1) is 0 Å². The van der Waals surface area contributed by atoms with Crippen molar-refractivity contribution in [2.75, 3.05) is 20.2 Å². The first-order chi connectivity index (χ1) is 20.8. The highest BCUT2D eigenvalue weighted by Gasteiger charge is 2.24. The fraction of sp³-hybridized carbons (Fsp3) is 0.303. The van der Waals surface area contributed by atoms with Gasteiger partial charge in [0, 0.05) is 35.8 Å². The molecule has 0 fully saturated rings. The molecule has 0 saturated heterocycles. The summed E-state index contributed by atoms with van der Waals surface area (Å²) in [6, 6.07) is 17.8. The molecule has 0 saturated carbocycles. The number of benzene rings is 3. The number of hydrogen-bond donors (Lipinski definition) is 0. The van der Waals surface area contributed by atoms with Gasteiger partial charge in [0.1, 0.15) is 18.0 Å². The Kier molecular flexibility index (Phi) is 8.14. The van der Waals surface area contributed by atoms with E-state index in [0.29, 0.717) is 33.3 Å². The van der Waals surface area contributed by atoms with Gasteiger partial charge in [-0.05, 0) is 82.6 Å². The number of nitriles is 1. The molecule has 3 aromatic carbocycles. The van der Waals surface area contributed by atoms with Gasteiger partial charge in [-0.3, -0.25) is 4.68 Å². The molecule has 0 unspecified atom stereocenters. The minimum Gasteiger partial charge on any atom is -0.491 e. The van der Waals surface area contributed by atoms with Crippen molar-refractivity contribution in [3.05, 3.63) is 89.2 Å². The lowest BCUT2D eigenvalue weighted by atomic mass is 10.0. The van der Waals surface area contributed by atoms with Gasteiger partial charge in [0.25, 0.3) is 10.0 Å². The van der Waals surface area contributed by atoms with Gasteiger partial charge in [-0.25, -0.2) is 17.2 Å². The molecule has 228 valence electrons. The van der Waals surface area contributed by atoms with Crippen molar-refractivity contribution in [3.8, 4) is 11.8 Å². The van der Waals surface area contributed by atoms with Gasteiger partial charge in [0.15, 0.2) is 0 Å². The average molecular weight is 614 g/mol. The SMILES string of the molecule is Cc1ccc(S(=O)(=O)n2ccc3c(Cn4cc5ccc(C#N)cc5n4)c(OCCN(C)C(=O)OC(C)(C)C)cc(C)c32)cc1. The Hall–Kier alpha value is -4.82. The van der Waals surface area contributed by atoms with Crippen LogP contribution in [0.1, 0.15) is 43.0 Å². The van der Waals surface area contributed by atoms with Crippen molar-refractivity contribution in [2.24, 2.45) is 0 Å². The second kappa shape index (κ2) is 11.7. The molecule has 11 heteroatoms. The van der Waals surface area contributed by atoms with E-state index >= 15 is 0 Å². The monoisotopic (exact) mass is 613 g/mol. The number of aryl methyl sites for hydroxylation is 2. The highest BCUT2D eigenvalue weighted by molar-refractivity contribution is 7.90. The Bertz CT molecular complexity index is 2010. The Morgan fingerprint density at radius 2 is 1.80 bits per heavy atom. The predicted octanol–water partition coefficient (Wildman–Crippen LogP) is 6.01. The van der Waals surface area contributed by atoms with E-state index < -0.39 is 21.7 Å². The van der Waals surface area contributed by atoms with Crippen LogP contribution in [-0.4, -0.2) is 59.0 Å². The molecule has 0 spiro atoms. The summed E-state index contributed by atoms with van der Waals surface area (Å²) in [7, 11) is -2.23. The molecule has 0 N–H and O–H groups in total. The number of amides is 1. The van der Waals surface area contributed by atoms with Gasteiger partial charge in [-0.2, -0.15) is 10.4 Å². The molecule has 10 nitrogen and oxygen atoms in total. The molecular formula is C33H35N5O5S. The zero-order valence-electron chi connectivity index (χ0n) is 25.7. The van der Waals surface area contributed by atoms with E-state index in [-0.39, 0.29) is 24.6 Å². The topological polar surface area (TPSA) is 119 Å². The number of ether oxygens (including phenoxy) is 2. The number of nitrogens with zero attached hydrogens (tertiary/aromatic N) is 5. The fourth-order valence-corrected chi connectivity index (χ4v) is 6.36. The van der Waals surface area contributed by atoms with E-state index in [1.165, 1.54) is 8.87 Å². The number of carbonyl (C=O) groups is 1. The third kappa shape index (κ3) is 6.26.